The van der Waals surface area contributed by atoms with E-state index in [0.29, 0.717) is 12.2 Å². The van der Waals surface area contributed by atoms with Gasteiger partial charge in [-0.15, -0.1) is 0 Å². The van der Waals surface area contributed by atoms with Crippen LogP contribution in [-0.4, -0.2) is 35.9 Å². The molecule has 2 amide bonds. The van der Waals surface area contributed by atoms with Gasteiger partial charge in [-0.1, -0.05) is 60.1 Å². The first-order valence-corrected chi connectivity index (χ1v) is 11.9. The van der Waals surface area contributed by atoms with E-state index in [-0.39, 0.29) is 35.5 Å². The number of nitrogens with zero attached hydrogens (tertiary/aromatic N) is 1. The fourth-order valence-electron chi connectivity index (χ4n) is 3.86. The van der Waals surface area contributed by atoms with Crippen molar-refractivity contribution < 1.29 is 18.7 Å². The van der Waals surface area contributed by atoms with Crippen LogP contribution in [0.25, 0.3) is 0 Å². The lowest BCUT2D eigenvalue weighted by molar-refractivity contribution is -0.141. The van der Waals surface area contributed by atoms with Gasteiger partial charge in [0, 0.05) is 29.6 Å². The number of ether oxygens (including phenoxy) is 1. The molecule has 0 aliphatic carbocycles. The highest BCUT2D eigenvalue weighted by Crippen LogP contribution is 2.23. The third kappa shape index (κ3) is 7.30. The summed E-state index contributed by atoms with van der Waals surface area (Å²) >= 11 is 6.21. The number of halogens is 2. The van der Waals surface area contributed by atoms with Gasteiger partial charge in [0.25, 0.3) is 0 Å². The average molecular weight is 497 g/mol. The summed E-state index contributed by atoms with van der Waals surface area (Å²) in [5.41, 5.74) is 1.80. The highest BCUT2D eigenvalue weighted by molar-refractivity contribution is 6.31. The maximum atomic E-state index is 14.5. The van der Waals surface area contributed by atoms with Crippen molar-refractivity contribution in [3.63, 3.8) is 0 Å². The van der Waals surface area contributed by atoms with E-state index in [1.165, 1.54) is 17.0 Å². The van der Waals surface area contributed by atoms with Crippen molar-refractivity contribution in [2.24, 2.45) is 0 Å². The van der Waals surface area contributed by atoms with E-state index in [2.05, 4.69) is 5.32 Å². The Bertz CT molecular complexity index is 1130. The van der Waals surface area contributed by atoms with Crippen molar-refractivity contribution in [3.05, 3.63) is 100 Å². The maximum Gasteiger partial charge on any atom is 0.243 e. The number of amides is 2. The molecule has 0 radical (unpaired) electrons. The molecule has 3 aromatic rings. The van der Waals surface area contributed by atoms with Gasteiger partial charge in [0.2, 0.25) is 11.8 Å². The van der Waals surface area contributed by atoms with E-state index in [1.807, 2.05) is 68.4 Å². The highest BCUT2D eigenvalue weighted by Gasteiger charge is 2.31. The van der Waals surface area contributed by atoms with Crippen LogP contribution in [0.4, 0.5) is 4.39 Å². The first-order valence-electron chi connectivity index (χ1n) is 11.5. The Morgan fingerprint density at radius 2 is 1.69 bits per heavy atom. The number of hydrogen-bond donors (Lipinski definition) is 1. The van der Waals surface area contributed by atoms with Gasteiger partial charge in [0.1, 0.15) is 17.6 Å². The molecule has 0 aliphatic rings. The molecule has 0 heterocycles. The lowest BCUT2D eigenvalue weighted by atomic mass is 10.0. The molecule has 1 N–H and O–H groups in total. The molecule has 184 valence electrons. The number of hydrogen-bond acceptors (Lipinski definition) is 3. The number of methoxy groups -OCH3 is 1. The van der Waals surface area contributed by atoms with Crippen molar-refractivity contribution in [2.75, 3.05) is 7.11 Å². The minimum Gasteiger partial charge on any atom is -0.497 e. The van der Waals surface area contributed by atoms with Crippen molar-refractivity contribution in [2.45, 2.75) is 45.3 Å². The fraction of sp³-hybridized carbons (Fsp3) is 0.286. The number of nitrogens with one attached hydrogen (secondary N) is 1. The summed E-state index contributed by atoms with van der Waals surface area (Å²) in [7, 11) is 1.57. The number of carbonyl (C=O) groups is 2. The second-order valence-corrected chi connectivity index (χ2v) is 9.03. The van der Waals surface area contributed by atoms with Gasteiger partial charge in [0.15, 0.2) is 0 Å². The summed E-state index contributed by atoms with van der Waals surface area (Å²) in [4.78, 5) is 28.6. The summed E-state index contributed by atoms with van der Waals surface area (Å²) in [5.74, 6) is -0.601. The summed E-state index contributed by atoms with van der Waals surface area (Å²) in [6.07, 6.45) is 0.0375. The molecule has 5 nitrogen and oxygen atoms in total. The fourth-order valence-corrected chi connectivity index (χ4v) is 4.09. The predicted molar refractivity (Wildman–Crippen MR) is 136 cm³/mol. The molecular weight excluding hydrogens is 467 g/mol. The lowest BCUT2D eigenvalue weighted by Crippen LogP contribution is -2.52. The predicted octanol–water partition coefficient (Wildman–Crippen LogP) is 5.19. The second kappa shape index (κ2) is 12.4. The van der Waals surface area contributed by atoms with E-state index in [9.17, 15) is 14.0 Å². The molecule has 0 unspecified atom stereocenters. The average Bonchev–Trinajstić information content (AvgIpc) is 2.84. The van der Waals surface area contributed by atoms with E-state index in [1.54, 1.807) is 13.2 Å². The minimum atomic E-state index is -0.816. The van der Waals surface area contributed by atoms with E-state index >= 15 is 0 Å². The van der Waals surface area contributed by atoms with E-state index < -0.39 is 17.8 Å². The second-order valence-electron chi connectivity index (χ2n) is 8.62. The van der Waals surface area contributed by atoms with Crippen molar-refractivity contribution in [3.8, 4) is 5.75 Å². The molecule has 0 fully saturated rings. The Morgan fingerprint density at radius 3 is 2.34 bits per heavy atom. The zero-order valence-corrected chi connectivity index (χ0v) is 20.9. The van der Waals surface area contributed by atoms with Crippen LogP contribution in [0.3, 0.4) is 0 Å². The number of benzene rings is 3. The van der Waals surface area contributed by atoms with Gasteiger partial charge >= 0.3 is 0 Å². The zero-order chi connectivity index (χ0) is 25.4. The Kier molecular flexibility index (Phi) is 9.26. The first-order chi connectivity index (χ1) is 16.8. The standard InChI is InChI=1S/C28H30ClFN2O3/c1-19(2)31-28(34)26(16-20-9-5-4-6-10-20)32(18-21-11-7-12-22(15-21)35-3)27(33)17-23-24(29)13-8-14-25(23)30/h4-15,19,26H,16-18H2,1-3H3,(H,31,34)/t26-/m0/s1. The molecule has 0 bridgehead atoms. The summed E-state index contributed by atoms with van der Waals surface area (Å²) < 4.78 is 19.9. The monoisotopic (exact) mass is 496 g/mol. The number of rotatable bonds is 10. The molecule has 3 rings (SSSR count). The molecule has 0 saturated carbocycles. The van der Waals surface area contributed by atoms with Crippen molar-refractivity contribution in [1.29, 1.82) is 0 Å². The van der Waals surface area contributed by atoms with Gasteiger partial charge in [-0.25, -0.2) is 4.39 Å². The summed E-state index contributed by atoms with van der Waals surface area (Å²) in [5, 5.41) is 3.11. The summed E-state index contributed by atoms with van der Waals surface area (Å²) in [6, 6.07) is 20.2. The SMILES string of the molecule is COc1cccc(CN(C(=O)Cc2c(F)cccc2Cl)[C@@H](Cc2ccccc2)C(=O)NC(C)C)c1. The first kappa shape index (κ1) is 26.2. The highest BCUT2D eigenvalue weighted by atomic mass is 35.5. The topological polar surface area (TPSA) is 58.6 Å². The normalized spacial score (nSPS) is 11.7. The minimum absolute atomic E-state index is 0.109. The molecule has 0 saturated heterocycles. The molecule has 0 aliphatic heterocycles. The van der Waals surface area contributed by atoms with Gasteiger partial charge in [-0.3, -0.25) is 9.59 Å². The van der Waals surface area contributed by atoms with Crippen LogP contribution < -0.4 is 10.1 Å². The van der Waals surface area contributed by atoms with E-state index in [4.69, 9.17) is 16.3 Å². The smallest absolute Gasteiger partial charge is 0.243 e. The van der Waals surface area contributed by atoms with Crippen molar-refractivity contribution in [1.82, 2.24) is 10.2 Å². The molecule has 1 atom stereocenters. The van der Waals surface area contributed by atoms with Crippen molar-refractivity contribution >= 4 is 23.4 Å². The molecule has 0 aromatic heterocycles. The maximum absolute atomic E-state index is 14.5. The van der Waals surface area contributed by atoms with Crippen LogP contribution in [0.1, 0.15) is 30.5 Å². The lowest BCUT2D eigenvalue weighted by Gasteiger charge is -2.32. The third-order valence-electron chi connectivity index (χ3n) is 5.58. The Labute approximate surface area is 210 Å². The van der Waals surface area contributed by atoms with Crippen LogP contribution in [0, 0.1) is 5.82 Å². The van der Waals surface area contributed by atoms with Crippen LogP contribution >= 0.6 is 11.6 Å². The van der Waals surface area contributed by atoms with Gasteiger partial charge in [0.05, 0.1) is 13.5 Å². The van der Waals surface area contributed by atoms with Gasteiger partial charge in [-0.2, -0.15) is 0 Å². The molecular formula is C28H30ClFN2O3. The van der Waals surface area contributed by atoms with Gasteiger partial charge < -0.3 is 15.0 Å². The molecule has 3 aromatic carbocycles. The van der Waals surface area contributed by atoms with Crippen LogP contribution in [-0.2, 0) is 29.0 Å². The summed E-state index contributed by atoms with van der Waals surface area (Å²) in [6.45, 7) is 3.88. The Hall–Kier alpha value is -3.38. The van der Waals surface area contributed by atoms with Gasteiger partial charge in [-0.05, 0) is 49.2 Å². The van der Waals surface area contributed by atoms with Crippen LogP contribution in [0.15, 0.2) is 72.8 Å². The Balaban J connectivity index is 2.02. The third-order valence-corrected chi connectivity index (χ3v) is 5.93. The molecule has 0 spiro atoms. The quantitative estimate of drug-likeness (QED) is 0.420. The Morgan fingerprint density at radius 1 is 1.00 bits per heavy atom. The van der Waals surface area contributed by atoms with Crippen LogP contribution in [0.5, 0.6) is 5.75 Å². The largest absolute Gasteiger partial charge is 0.497 e. The molecule has 7 heteroatoms. The number of carbonyl (C=O) groups excluding carboxylic acids is 2. The zero-order valence-electron chi connectivity index (χ0n) is 20.1. The molecule has 35 heavy (non-hydrogen) atoms. The van der Waals surface area contributed by atoms with E-state index in [0.717, 1.165) is 11.1 Å². The van der Waals surface area contributed by atoms with Crippen LogP contribution in [0.2, 0.25) is 5.02 Å².